The predicted molar refractivity (Wildman–Crippen MR) is 67.2 cm³/mol. The van der Waals surface area contributed by atoms with Crippen molar-refractivity contribution in [3.8, 4) is 0 Å². The van der Waals surface area contributed by atoms with Crippen LogP contribution in [0.4, 0.5) is 8.78 Å². The van der Waals surface area contributed by atoms with Gasteiger partial charge in [0.2, 0.25) is 0 Å². The first-order valence-electron chi connectivity index (χ1n) is 5.94. The molecule has 3 nitrogen and oxygen atoms in total. The van der Waals surface area contributed by atoms with E-state index in [0.29, 0.717) is 0 Å². The number of rotatable bonds is 6. The SMILES string of the molecule is CCC(F)(F)C(C)(N)NC(CO)c1ccccc1. The summed E-state index contributed by atoms with van der Waals surface area (Å²) in [5.41, 5.74) is 4.50. The molecule has 0 radical (unpaired) electrons. The Kier molecular flexibility index (Phi) is 4.78. The molecule has 4 N–H and O–H groups in total. The molecule has 0 aliphatic rings. The molecule has 0 aromatic heterocycles. The monoisotopic (exact) mass is 258 g/mol. The van der Waals surface area contributed by atoms with Gasteiger partial charge in [-0.05, 0) is 12.5 Å². The van der Waals surface area contributed by atoms with E-state index in [9.17, 15) is 13.9 Å². The summed E-state index contributed by atoms with van der Waals surface area (Å²) in [6, 6.07) is 8.29. The Morgan fingerprint density at radius 3 is 2.33 bits per heavy atom. The van der Waals surface area contributed by atoms with Crippen molar-refractivity contribution in [2.45, 2.75) is 37.9 Å². The molecule has 0 aliphatic heterocycles. The first-order chi connectivity index (χ1) is 8.34. The molecular formula is C13H20F2N2O. The average molecular weight is 258 g/mol. The molecule has 0 saturated heterocycles. The van der Waals surface area contributed by atoms with E-state index in [1.165, 1.54) is 13.8 Å². The molecular weight excluding hydrogens is 238 g/mol. The quantitative estimate of drug-likeness (QED) is 0.684. The number of benzene rings is 1. The molecule has 0 spiro atoms. The van der Waals surface area contributed by atoms with Crippen molar-refractivity contribution in [3.05, 3.63) is 35.9 Å². The number of nitrogens with one attached hydrogen (secondary N) is 1. The minimum atomic E-state index is -3.05. The maximum absolute atomic E-state index is 13.7. The molecule has 0 heterocycles. The van der Waals surface area contributed by atoms with E-state index in [-0.39, 0.29) is 13.0 Å². The summed E-state index contributed by atoms with van der Waals surface area (Å²) < 4.78 is 27.3. The van der Waals surface area contributed by atoms with Crippen LogP contribution in [0.1, 0.15) is 31.9 Å². The van der Waals surface area contributed by atoms with Gasteiger partial charge in [-0.25, -0.2) is 8.78 Å². The molecule has 1 rings (SSSR count). The molecule has 18 heavy (non-hydrogen) atoms. The van der Waals surface area contributed by atoms with E-state index in [1.807, 2.05) is 6.07 Å². The van der Waals surface area contributed by atoms with Crippen molar-refractivity contribution in [1.82, 2.24) is 5.32 Å². The van der Waals surface area contributed by atoms with Gasteiger partial charge in [-0.15, -0.1) is 0 Å². The number of hydrogen-bond acceptors (Lipinski definition) is 3. The van der Waals surface area contributed by atoms with Crippen molar-refractivity contribution in [2.24, 2.45) is 5.73 Å². The van der Waals surface area contributed by atoms with E-state index in [1.54, 1.807) is 24.3 Å². The van der Waals surface area contributed by atoms with Gasteiger partial charge in [-0.1, -0.05) is 37.3 Å². The van der Waals surface area contributed by atoms with Crippen LogP contribution >= 0.6 is 0 Å². The Morgan fingerprint density at radius 1 is 1.33 bits per heavy atom. The molecule has 0 bridgehead atoms. The van der Waals surface area contributed by atoms with Gasteiger partial charge in [-0.2, -0.15) is 0 Å². The van der Waals surface area contributed by atoms with Gasteiger partial charge in [0.05, 0.1) is 12.6 Å². The lowest BCUT2D eigenvalue weighted by Gasteiger charge is -2.37. The van der Waals surface area contributed by atoms with E-state index < -0.39 is 17.6 Å². The summed E-state index contributed by atoms with van der Waals surface area (Å²) in [6.45, 7) is 2.32. The van der Waals surface area contributed by atoms with Crippen LogP contribution in [0.25, 0.3) is 0 Å². The van der Waals surface area contributed by atoms with Gasteiger partial charge >= 0.3 is 0 Å². The Morgan fingerprint density at radius 2 is 1.89 bits per heavy atom. The van der Waals surface area contributed by atoms with Crippen molar-refractivity contribution < 1.29 is 13.9 Å². The normalized spacial score (nSPS) is 17.2. The topological polar surface area (TPSA) is 58.3 Å². The van der Waals surface area contributed by atoms with Crippen LogP contribution in [0.2, 0.25) is 0 Å². The molecule has 2 unspecified atom stereocenters. The van der Waals surface area contributed by atoms with Crippen LogP contribution in [0.3, 0.4) is 0 Å². The van der Waals surface area contributed by atoms with E-state index in [2.05, 4.69) is 5.32 Å². The molecule has 102 valence electrons. The number of nitrogens with two attached hydrogens (primary N) is 1. The Bertz CT molecular complexity index is 369. The average Bonchev–Trinajstić information content (AvgIpc) is 2.36. The van der Waals surface area contributed by atoms with E-state index in [0.717, 1.165) is 5.56 Å². The smallest absolute Gasteiger partial charge is 0.278 e. The van der Waals surface area contributed by atoms with Crippen molar-refractivity contribution in [2.75, 3.05) is 6.61 Å². The number of aliphatic hydroxyl groups is 1. The standard InChI is InChI=1S/C13H20F2N2O/c1-3-13(14,15)12(2,16)17-11(9-18)10-7-5-4-6-8-10/h4-8,11,17-18H,3,9,16H2,1-2H3. The van der Waals surface area contributed by atoms with E-state index in [4.69, 9.17) is 5.73 Å². The van der Waals surface area contributed by atoms with Gasteiger partial charge < -0.3 is 10.8 Å². The lowest BCUT2D eigenvalue weighted by molar-refractivity contribution is -0.0899. The first kappa shape index (κ1) is 15.0. The summed E-state index contributed by atoms with van der Waals surface area (Å²) in [6.07, 6.45) is -0.361. The second kappa shape index (κ2) is 5.73. The van der Waals surface area contributed by atoms with Gasteiger partial charge in [0.1, 0.15) is 5.66 Å². The maximum Gasteiger partial charge on any atom is 0.278 e. The second-order valence-corrected chi connectivity index (χ2v) is 4.55. The summed E-state index contributed by atoms with van der Waals surface area (Å²) in [5.74, 6) is -3.05. The molecule has 0 aliphatic carbocycles. The molecule has 5 heteroatoms. The van der Waals surface area contributed by atoms with Crippen LogP contribution < -0.4 is 11.1 Å². The predicted octanol–water partition coefficient (Wildman–Crippen LogP) is 2.03. The van der Waals surface area contributed by atoms with E-state index >= 15 is 0 Å². The number of halogens is 2. The first-order valence-corrected chi connectivity index (χ1v) is 5.94. The minimum Gasteiger partial charge on any atom is -0.394 e. The highest BCUT2D eigenvalue weighted by Crippen LogP contribution is 2.30. The fourth-order valence-corrected chi connectivity index (χ4v) is 1.75. The van der Waals surface area contributed by atoms with Crippen molar-refractivity contribution in [1.29, 1.82) is 0 Å². The molecule has 2 atom stereocenters. The van der Waals surface area contributed by atoms with Crippen LogP contribution in [-0.4, -0.2) is 23.3 Å². The highest BCUT2D eigenvalue weighted by atomic mass is 19.3. The van der Waals surface area contributed by atoms with Crippen LogP contribution in [-0.2, 0) is 0 Å². The number of hydrogen-bond donors (Lipinski definition) is 3. The Hall–Kier alpha value is -1.04. The number of aliphatic hydroxyl groups excluding tert-OH is 1. The minimum absolute atomic E-state index is 0.295. The fourth-order valence-electron chi connectivity index (χ4n) is 1.75. The summed E-state index contributed by atoms with van der Waals surface area (Å²) in [5, 5.41) is 11.9. The fraction of sp³-hybridized carbons (Fsp3) is 0.538. The van der Waals surface area contributed by atoms with Crippen LogP contribution in [0, 0.1) is 0 Å². The zero-order chi connectivity index (χ0) is 13.8. The zero-order valence-corrected chi connectivity index (χ0v) is 10.7. The van der Waals surface area contributed by atoms with Crippen LogP contribution in [0.15, 0.2) is 30.3 Å². The van der Waals surface area contributed by atoms with Gasteiger partial charge in [-0.3, -0.25) is 5.32 Å². The van der Waals surface area contributed by atoms with Gasteiger partial charge in [0.15, 0.2) is 0 Å². The lowest BCUT2D eigenvalue weighted by atomic mass is 9.99. The highest BCUT2D eigenvalue weighted by molar-refractivity contribution is 5.19. The molecule has 1 aromatic rings. The molecule has 0 fully saturated rings. The Labute approximate surface area is 106 Å². The summed E-state index contributed by atoms with van der Waals surface area (Å²) in [4.78, 5) is 0. The summed E-state index contributed by atoms with van der Waals surface area (Å²) in [7, 11) is 0. The van der Waals surface area contributed by atoms with Gasteiger partial charge in [0.25, 0.3) is 5.92 Å². The maximum atomic E-state index is 13.7. The van der Waals surface area contributed by atoms with Crippen molar-refractivity contribution in [3.63, 3.8) is 0 Å². The van der Waals surface area contributed by atoms with Gasteiger partial charge in [0, 0.05) is 6.42 Å². The third-order valence-corrected chi connectivity index (χ3v) is 3.06. The van der Waals surface area contributed by atoms with Crippen molar-refractivity contribution >= 4 is 0 Å². The summed E-state index contributed by atoms with van der Waals surface area (Å²) >= 11 is 0. The molecule has 0 amide bonds. The second-order valence-electron chi connectivity index (χ2n) is 4.55. The zero-order valence-electron chi connectivity index (χ0n) is 10.7. The number of alkyl halides is 2. The lowest BCUT2D eigenvalue weighted by Crippen LogP contribution is -2.64. The third kappa shape index (κ3) is 3.25. The Balaban J connectivity index is 2.87. The van der Waals surface area contributed by atoms with Crippen LogP contribution in [0.5, 0.6) is 0 Å². The molecule has 1 aromatic carbocycles. The largest absolute Gasteiger partial charge is 0.394 e. The third-order valence-electron chi connectivity index (χ3n) is 3.06. The molecule has 0 saturated carbocycles. The highest BCUT2D eigenvalue weighted by Gasteiger charge is 2.46.